The number of alkyl halides is 1. The van der Waals surface area contributed by atoms with Crippen LogP contribution in [0.5, 0.6) is 0 Å². The monoisotopic (exact) mass is 142 g/mol. The molecule has 3 heteroatoms. The molecule has 0 aromatic carbocycles. The Kier molecular flexibility index (Phi) is 4.84. The number of rotatable bonds is 2. The van der Waals surface area contributed by atoms with Crippen LogP contribution in [0.4, 0.5) is 0 Å². The van der Waals surface area contributed by atoms with Gasteiger partial charge >= 0.3 is 0 Å². The summed E-state index contributed by atoms with van der Waals surface area (Å²) in [6, 6.07) is 0. The van der Waals surface area contributed by atoms with Crippen molar-refractivity contribution in [1.29, 1.82) is 0 Å². The summed E-state index contributed by atoms with van der Waals surface area (Å²) in [5.74, 6) is 0. The van der Waals surface area contributed by atoms with Gasteiger partial charge in [0.15, 0.2) is 0 Å². The van der Waals surface area contributed by atoms with Gasteiger partial charge in [-0.15, -0.1) is 11.6 Å². The average molecular weight is 143 g/mol. The first-order valence-electron chi connectivity index (χ1n) is 1.61. The van der Waals surface area contributed by atoms with E-state index in [0.717, 1.165) is 0 Å². The van der Waals surface area contributed by atoms with Crippen molar-refractivity contribution >= 4 is 33.2 Å². The average Bonchev–Trinajstić information content (AvgIpc) is 1.35. The van der Waals surface area contributed by atoms with Crippen LogP contribution in [0.15, 0.2) is 0 Å². The Bertz CT molecular complexity index is 30.0. The fourth-order valence-corrected chi connectivity index (χ4v) is 1.85. The van der Waals surface area contributed by atoms with Crippen LogP contribution in [0.25, 0.3) is 0 Å². The highest BCUT2D eigenvalue weighted by atomic mass is 35.5. The third-order valence-corrected chi connectivity index (χ3v) is 2.71. The molecule has 0 aromatic heterocycles. The van der Waals surface area contributed by atoms with Crippen LogP contribution in [0.1, 0.15) is 6.92 Å². The zero-order valence-electron chi connectivity index (χ0n) is 3.77. The standard InChI is InChI=1S/C3H7ClS2/c1-3(4)6-5-2/h3H,1-2H3. The van der Waals surface area contributed by atoms with Crippen molar-refractivity contribution in [2.75, 3.05) is 6.26 Å². The van der Waals surface area contributed by atoms with Crippen LogP contribution in [0.3, 0.4) is 0 Å². The molecule has 0 nitrogen and oxygen atoms in total. The summed E-state index contributed by atoms with van der Waals surface area (Å²) >= 11 is 5.52. The Labute approximate surface area is 51.4 Å². The summed E-state index contributed by atoms with van der Waals surface area (Å²) < 4.78 is 0.250. The Hall–Kier alpha value is 0.990. The first-order valence-corrected chi connectivity index (χ1v) is 4.66. The molecule has 0 amide bonds. The van der Waals surface area contributed by atoms with E-state index in [-0.39, 0.29) is 4.71 Å². The molecular formula is C3H7ClS2. The molecule has 1 atom stereocenters. The zero-order chi connectivity index (χ0) is 4.99. The highest BCUT2D eigenvalue weighted by Crippen LogP contribution is 2.25. The van der Waals surface area contributed by atoms with Gasteiger partial charge in [0.2, 0.25) is 0 Å². The molecule has 6 heavy (non-hydrogen) atoms. The van der Waals surface area contributed by atoms with E-state index < -0.39 is 0 Å². The van der Waals surface area contributed by atoms with Crippen LogP contribution in [0.2, 0.25) is 0 Å². The molecule has 0 aliphatic rings. The van der Waals surface area contributed by atoms with Crippen molar-refractivity contribution in [3.63, 3.8) is 0 Å². The van der Waals surface area contributed by atoms with Crippen LogP contribution in [0, 0.1) is 0 Å². The van der Waals surface area contributed by atoms with Gasteiger partial charge in [-0.2, -0.15) is 0 Å². The third-order valence-electron chi connectivity index (χ3n) is 0.229. The second kappa shape index (κ2) is 4.16. The predicted molar refractivity (Wildman–Crippen MR) is 36.4 cm³/mol. The molecule has 0 radical (unpaired) electrons. The van der Waals surface area contributed by atoms with Gasteiger partial charge in [0.1, 0.15) is 0 Å². The smallest absolute Gasteiger partial charge is 0.0864 e. The van der Waals surface area contributed by atoms with Gasteiger partial charge in [0.05, 0.1) is 4.71 Å². The van der Waals surface area contributed by atoms with Crippen molar-refractivity contribution in [2.24, 2.45) is 0 Å². The van der Waals surface area contributed by atoms with E-state index in [4.69, 9.17) is 11.6 Å². The first kappa shape index (κ1) is 6.99. The largest absolute Gasteiger partial charge is 0.111 e. The summed E-state index contributed by atoms with van der Waals surface area (Å²) in [6.45, 7) is 1.96. The predicted octanol–water partition coefficient (Wildman–Crippen LogP) is 2.58. The Morgan fingerprint density at radius 1 is 1.67 bits per heavy atom. The molecule has 0 aromatic rings. The van der Waals surface area contributed by atoms with E-state index >= 15 is 0 Å². The molecule has 0 heterocycles. The molecular weight excluding hydrogens is 136 g/mol. The van der Waals surface area contributed by atoms with Crippen molar-refractivity contribution in [3.05, 3.63) is 0 Å². The first-order chi connectivity index (χ1) is 2.77. The molecule has 38 valence electrons. The van der Waals surface area contributed by atoms with E-state index in [9.17, 15) is 0 Å². The van der Waals surface area contributed by atoms with Crippen LogP contribution >= 0.6 is 33.2 Å². The minimum absolute atomic E-state index is 0.250. The molecule has 0 bridgehead atoms. The highest BCUT2D eigenvalue weighted by molar-refractivity contribution is 8.77. The summed E-state index contributed by atoms with van der Waals surface area (Å²) in [7, 11) is 3.36. The lowest BCUT2D eigenvalue weighted by molar-refractivity contribution is 1.42. The molecule has 0 aliphatic carbocycles. The fraction of sp³-hybridized carbons (Fsp3) is 1.00. The molecule has 0 aliphatic heterocycles. The zero-order valence-corrected chi connectivity index (χ0v) is 6.16. The second-order valence-electron chi connectivity index (χ2n) is 0.806. The van der Waals surface area contributed by atoms with Gasteiger partial charge < -0.3 is 0 Å². The van der Waals surface area contributed by atoms with Crippen molar-refractivity contribution in [2.45, 2.75) is 11.6 Å². The van der Waals surface area contributed by atoms with Gasteiger partial charge in [-0.25, -0.2) is 0 Å². The van der Waals surface area contributed by atoms with Gasteiger partial charge in [0.25, 0.3) is 0 Å². The maximum absolute atomic E-state index is 5.52. The summed E-state index contributed by atoms with van der Waals surface area (Å²) in [5.41, 5.74) is 0. The Morgan fingerprint density at radius 2 is 2.17 bits per heavy atom. The normalized spacial score (nSPS) is 14.5. The Morgan fingerprint density at radius 3 is 2.17 bits per heavy atom. The minimum atomic E-state index is 0.250. The van der Waals surface area contributed by atoms with Gasteiger partial charge in [0, 0.05) is 0 Å². The van der Waals surface area contributed by atoms with Crippen molar-refractivity contribution < 1.29 is 0 Å². The molecule has 0 rings (SSSR count). The summed E-state index contributed by atoms with van der Waals surface area (Å²) in [6.07, 6.45) is 2.02. The van der Waals surface area contributed by atoms with E-state index in [1.165, 1.54) is 0 Å². The molecule has 0 spiro atoms. The van der Waals surface area contributed by atoms with Crippen LogP contribution in [-0.4, -0.2) is 11.0 Å². The summed E-state index contributed by atoms with van der Waals surface area (Å²) in [5, 5.41) is 0. The van der Waals surface area contributed by atoms with Crippen LogP contribution in [-0.2, 0) is 0 Å². The lowest BCUT2D eigenvalue weighted by Crippen LogP contribution is -1.72. The van der Waals surface area contributed by atoms with E-state index in [1.54, 1.807) is 21.6 Å². The van der Waals surface area contributed by atoms with Gasteiger partial charge in [-0.05, 0) is 13.2 Å². The number of hydrogen-bond donors (Lipinski definition) is 0. The lowest BCUT2D eigenvalue weighted by Gasteiger charge is -1.92. The molecule has 0 fully saturated rings. The SMILES string of the molecule is CSSC(C)Cl. The second-order valence-corrected chi connectivity index (χ2v) is 4.53. The van der Waals surface area contributed by atoms with Gasteiger partial charge in [-0.3, -0.25) is 0 Å². The quantitative estimate of drug-likeness (QED) is 0.430. The Balaban J connectivity index is 2.63. The topological polar surface area (TPSA) is 0 Å². The maximum Gasteiger partial charge on any atom is 0.0864 e. The van der Waals surface area contributed by atoms with Crippen molar-refractivity contribution in [1.82, 2.24) is 0 Å². The fourth-order valence-electron chi connectivity index (χ4n) is 0.133. The van der Waals surface area contributed by atoms with E-state index in [2.05, 4.69) is 0 Å². The maximum atomic E-state index is 5.52. The van der Waals surface area contributed by atoms with Gasteiger partial charge in [-0.1, -0.05) is 21.6 Å². The van der Waals surface area contributed by atoms with E-state index in [1.807, 2.05) is 13.2 Å². The number of halogens is 1. The summed E-state index contributed by atoms with van der Waals surface area (Å²) in [4.78, 5) is 0. The molecule has 0 saturated heterocycles. The number of hydrogen-bond acceptors (Lipinski definition) is 2. The third kappa shape index (κ3) is 4.99. The molecule has 1 unspecified atom stereocenters. The molecule has 0 saturated carbocycles. The highest BCUT2D eigenvalue weighted by Gasteiger charge is 1.89. The van der Waals surface area contributed by atoms with E-state index in [0.29, 0.717) is 0 Å². The molecule has 0 N–H and O–H groups in total. The minimum Gasteiger partial charge on any atom is -0.111 e. The van der Waals surface area contributed by atoms with Crippen LogP contribution < -0.4 is 0 Å². The van der Waals surface area contributed by atoms with Crippen molar-refractivity contribution in [3.8, 4) is 0 Å². The lowest BCUT2D eigenvalue weighted by atomic mass is 11.0.